The van der Waals surface area contributed by atoms with Crippen molar-refractivity contribution in [3.8, 4) is 0 Å². The topological polar surface area (TPSA) is 49.4 Å². The number of nitrogens with zero attached hydrogens (tertiary/aromatic N) is 1. The molecule has 30 heavy (non-hydrogen) atoms. The molecule has 2 amide bonds. The van der Waals surface area contributed by atoms with Crippen molar-refractivity contribution >= 4 is 35.0 Å². The summed E-state index contributed by atoms with van der Waals surface area (Å²) in [6.45, 7) is 5.85. The third-order valence-corrected chi connectivity index (χ3v) is 5.80. The number of halogens is 3. The van der Waals surface area contributed by atoms with Crippen LogP contribution in [0.4, 0.5) is 4.39 Å². The summed E-state index contributed by atoms with van der Waals surface area (Å²) in [5.74, 6) is -1.19. The van der Waals surface area contributed by atoms with Gasteiger partial charge in [-0.15, -0.1) is 0 Å². The number of hydrogen-bond acceptors (Lipinski definition) is 2. The second kappa shape index (κ2) is 11.3. The van der Waals surface area contributed by atoms with Gasteiger partial charge in [0, 0.05) is 28.2 Å². The molecular formula is C23H27Cl2FN2O2. The van der Waals surface area contributed by atoms with E-state index in [2.05, 4.69) is 5.32 Å². The van der Waals surface area contributed by atoms with Crippen molar-refractivity contribution in [2.45, 2.75) is 58.7 Å². The highest BCUT2D eigenvalue weighted by atomic mass is 35.5. The summed E-state index contributed by atoms with van der Waals surface area (Å²) in [4.78, 5) is 27.6. The minimum absolute atomic E-state index is 0.0233. The van der Waals surface area contributed by atoms with Crippen LogP contribution in [0.2, 0.25) is 10.0 Å². The van der Waals surface area contributed by atoms with Crippen LogP contribution in [0, 0.1) is 5.82 Å². The standard InChI is InChI=1S/C23H27Cl2FN2O2/c1-4-15(3)27-23(30)21(5-2)28(14-16-9-6-7-10-18(16)24)22(29)13-17-19(25)11-8-12-20(17)26/h6-12,15,21H,4-5,13-14H2,1-3H3,(H,27,30)/t15-,21+/m1/s1. The zero-order valence-corrected chi connectivity index (χ0v) is 18.9. The maximum atomic E-state index is 14.3. The van der Waals surface area contributed by atoms with E-state index >= 15 is 0 Å². The van der Waals surface area contributed by atoms with Crippen molar-refractivity contribution in [1.29, 1.82) is 0 Å². The van der Waals surface area contributed by atoms with Crippen LogP contribution in [0.15, 0.2) is 42.5 Å². The number of carbonyl (C=O) groups excluding carboxylic acids is 2. The predicted molar refractivity (Wildman–Crippen MR) is 119 cm³/mol. The van der Waals surface area contributed by atoms with E-state index in [1.165, 1.54) is 17.0 Å². The molecule has 0 aliphatic heterocycles. The Morgan fingerprint density at radius 1 is 1.03 bits per heavy atom. The van der Waals surface area contributed by atoms with Crippen molar-refractivity contribution in [2.24, 2.45) is 0 Å². The van der Waals surface area contributed by atoms with Gasteiger partial charge in [-0.25, -0.2) is 4.39 Å². The fraction of sp³-hybridized carbons (Fsp3) is 0.391. The van der Waals surface area contributed by atoms with Gasteiger partial charge in [0.15, 0.2) is 0 Å². The summed E-state index contributed by atoms with van der Waals surface area (Å²) >= 11 is 12.4. The molecule has 0 aromatic heterocycles. The van der Waals surface area contributed by atoms with Gasteiger partial charge in [-0.1, -0.05) is 61.3 Å². The van der Waals surface area contributed by atoms with Gasteiger partial charge in [-0.2, -0.15) is 0 Å². The van der Waals surface area contributed by atoms with E-state index in [9.17, 15) is 14.0 Å². The molecule has 0 fully saturated rings. The first-order chi connectivity index (χ1) is 14.3. The van der Waals surface area contributed by atoms with Gasteiger partial charge in [0.05, 0.1) is 6.42 Å². The minimum atomic E-state index is -0.715. The molecule has 0 radical (unpaired) electrons. The van der Waals surface area contributed by atoms with E-state index in [1.54, 1.807) is 24.3 Å². The molecule has 2 aromatic carbocycles. The van der Waals surface area contributed by atoms with E-state index in [0.29, 0.717) is 17.0 Å². The van der Waals surface area contributed by atoms with Crippen molar-refractivity contribution in [3.05, 3.63) is 69.5 Å². The second-order valence-corrected chi connectivity index (χ2v) is 8.05. The average Bonchev–Trinajstić information content (AvgIpc) is 2.71. The molecule has 2 rings (SSSR count). The average molecular weight is 453 g/mol. The van der Waals surface area contributed by atoms with Crippen molar-refractivity contribution < 1.29 is 14.0 Å². The highest BCUT2D eigenvalue weighted by molar-refractivity contribution is 6.31. The highest BCUT2D eigenvalue weighted by Crippen LogP contribution is 2.24. The van der Waals surface area contributed by atoms with Crippen LogP contribution in [0.25, 0.3) is 0 Å². The Morgan fingerprint density at radius 2 is 1.70 bits per heavy atom. The molecule has 0 heterocycles. The van der Waals surface area contributed by atoms with Crippen LogP contribution in [0.1, 0.15) is 44.7 Å². The third-order valence-electron chi connectivity index (χ3n) is 5.08. The third kappa shape index (κ3) is 6.19. The summed E-state index contributed by atoms with van der Waals surface area (Å²) in [5, 5.41) is 3.61. The van der Waals surface area contributed by atoms with E-state index in [1.807, 2.05) is 26.8 Å². The number of benzene rings is 2. The summed E-state index contributed by atoms with van der Waals surface area (Å²) in [6.07, 6.45) is 0.929. The number of rotatable bonds is 9. The Hall–Kier alpha value is -2.11. The molecule has 162 valence electrons. The number of nitrogens with one attached hydrogen (secondary N) is 1. The molecule has 0 spiro atoms. The Balaban J connectivity index is 2.37. The molecule has 4 nitrogen and oxygen atoms in total. The summed E-state index contributed by atoms with van der Waals surface area (Å²) < 4.78 is 14.3. The van der Waals surface area contributed by atoms with Gasteiger partial charge in [0.1, 0.15) is 11.9 Å². The summed E-state index contributed by atoms with van der Waals surface area (Å²) in [5.41, 5.74) is 0.826. The van der Waals surface area contributed by atoms with Crippen molar-refractivity contribution in [2.75, 3.05) is 0 Å². The van der Waals surface area contributed by atoms with E-state index < -0.39 is 17.8 Å². The zero-order chi connectivity index (χ0) is 22.3. The quantitative estimate of drug-likeness (QED) is 0.553. The van der Waals surface area contributed by atoms with Crippen LogP contribution < -0.4 is 5.32 Å². The van der Waals surface area contributed by atoms with Gasteiger partial charge < -0.3 is 10.2 Å². The van der Waals surface area contributed by atoms with E-state index in [4.69, 9.17) is 23.2 Å². The number of hydrogen-bond donors (Lipinski definition) is 1. The van der Waals surface area contributed by atoms with Crippen LogP contribution >= 0.6 is 23.2 Å². The number of amides is 2. The normalized spacial score (nSPS) is 12.9. The largest absolute Gasteiger partial charge is 0.352 e. The SMILES string of the molecule is CC[C@@H](C)NC(=O)[C@H](CC)N(Cc1ccccc1Cl)C(=O)Cc1c(F)cccc1Cl. The molecule has 0 unspecified atom stereocenters. The Labute approximate surface area is 187 Å². The summed E-state index contributed by atoms with van der Waals surface area (Å²) in [7, 11) is 0. The molecule has 0 saturated heterocycles. The lowest BCUT2D eigenvalue weighted by molar-refractivity contribution is -0.141. The zero-order valence-electron chi connectivity index (χ0n) is 17.4. The van der Waals surface area contributed by atoms with Crippen LogP contribution in [0.3, 0.4) is 0 Å². The van der Waals surface area contributed by atoms with Gasteiger partial charge in [-0.05, 0) is 43.5 Å². The van der Waals surface area contributed by atoms with Crippen molar-refractivity contribution in [1.82, 2.24) is 10.2 Å². The maximum absolute atomic E-state index is 14.3. The lowest BCUT2D eigenvalue weighted by atomic mass is 10.1. The monoisotopic (exact) mass is 452 g/mol. The van der Waals surface area contributed by atoms with Crippen LogP contribution in [-0.2, 0) is 22.6 Å². The van der Waals surface area contributed by atoms with E-state index in [0.717, 1.165) is 6.42 Å². The highest BCUT2D eigenvalue weighted by Gasteiger charge is 2.30. The van der Waals surface area contributed by atoms with Crippen LogP contribution in [0.5, 0.6) is 0 Å². The first-order valence-electron chi connectivity index (χ1n) is 10.0. The molecule has 0 saturated carbocycles. The second-order valence-electron chi connectivity index (χ2n) is 7.23. The minimum Gasteiger partial charge on any atom is -0.352 e. The van der Waals surface area contributed by atoms with Gasteiger partial charge >= 0.3 is 0 Å². The molecule has 1 N–H and O–H groups in total. The smallest absolute Gasteiger partial charge is 0.243 e. The van der Waals surface area contributed by atoms with Crippen molar-refractivity contribution in [3.63, 3.8) is 0 Å². The molecule has 7 heteroatoms. The van der Waals surface area contributed by atoms with Crippen LogP contribution in [-0.4, -0.2) is 28.8 Å². The molecule has 0 aliphatic carbocycles. The molecule has 2 atom stereocenters. The van der Waals surface area contributed by atoms with Gasteiger partial charge in [0.25, 0.3) is 0 Å². The fourth-order valence-electron chi connectivity index (χ4n) is 3.12. The summed E-state index contributed by atoms with van der Waals surface area (Å²) in [6, 6.07) is 10.7. The fourth-order valence-corrected chi connectivity index (χ4v) is 3.55. The first kappa shape index (κ1) is 24.2. The lowest BCUT2D eigenvalue weighted by Crippen LogP contribution is -2.51. The first-order valence-corrected chi connectivity index (χ1v) is 10.8. The Kier molecular flexibility index (Phi) is 9.12. The maximum Gasteiger partial charge on any atom is 0.243 e. The molecule has 0 aliphatic rings. The Morgan fingerprint density at radius 3 is 2.30 bits per heavy atom. The van der Waals surface area contributed by atoms with Gasteiger partial charge in [-0.3, -0.25) is 9.59 Å². The lowest BCUT2D eigenvalue weighted by Gasteiger charge is -2.32. The molecular weight excluding hydrogens is 426 g/mol. The number of carbonyl (C=O) groups is 2. The van der Waals surface area contributed by atoms with E-state index in [-0.39, 0.29) is 35.5 Å². The predicted octanol–water partition coefficient (Wildman–Crippen LogP) is 5.40. The molecule has 0 bridgehead atoms. The Bertz CT molecular complexity index is 871. The van der Waals surface area contributed by atoms with Gasteiger partial charge in [0.2, 0.25) is 11.8 Å². The molecule has 2 aromatic rings.